The van der Waals surface area contributed by atoms with Gasteiger partial charge in [-0.05, 0) is 47.4 Å². The molecule has 1 atom stereocenters. The minimum absolute atomic E-state index is 0.0504. The van der Waals surface area contributed by atoms with Gasteiger partial charge in [-0.15, -0.1) is 0 Å². The largest absolute Gasteiger partial charge is 0.324 e. The zero-order valence-corrected chi connectivity index (χ0v) is 12.6. The van der Waals surface area contributed by atoms with Crippen molar-refractivity contribution >= 4 is 38.4 Å². The molecule has 3 rings (SSSR count). The van der Waals surface area contributed by atoms with Gasteiger partial charge in [-0.3, -0.25) is 9.78 Å². The van der Waals surface area contributed by atoms with Gasteiger partial charge in [-0.2, -0.15) is 0 Å². The second kappa shape index (κ2) is 5.89. The van der Waals surface area contributed by atoms with Crippen LogP contribution in [0.2, 0.25) is 0 Å². The molecule has 4 nitrogen and oxygen atoms in total. The SMILES string of the molecule is O=C(Nc1cccc2cc(Br)cnc12)C1CCCNC1. The summed E-state index contributed by atoms with van der Waals surface area (Å²) < 4.78 is 0.935. The average molecular weight is 334 g/mol. The number of carbonyl (C=O) groups excluding carboxylic acids is 1. The third-order valence-corrected chi connectivity index (χ3v) is 4.04. The quantitative estimate of drug-likeness (QED) is 0.888. The van der Waals surface area contributed by atoms with E-state index in [-0.39, 0.29) is 11.8 Å². The summed E-state index contributed by atoms with van der Waals surface area (Å²) >= 11 is 3.41. The maximum Gasteiger partial charge on any atom is 0.228 e. The van der Waals surface area contributed by atoms with E-state index in [0.717, 1.165) is 47.0 Å². The molecular formula is C15H16BrN3O. The first-order valence-electron chi connectivity index (χ1n) is 6.80. The lowest BCUT2D eigenvalue weighted by Gasteiger charge is -2.22. The van der Waals surface area contributed by atoms with Crippen LogP contribution >= 0.6 is 15.9 Å². The monoisotopic (exact) mass is 333 g/mol. The van der Waals surface area contributed by atoms with Crippen molar-refractivity contribution < 1.29 is 4.79 Å². The number of anilines is 1. The number of carbonyl (C=O) groups is 1. The number of nitrogens with one attached hydrogen (secondary N) is 2. The van der Waals surface area contributed by atoms with Crippen molar-refractivity contribution in [2.75, 3.05) is 18.4 Å². The Hall–Kier alpha value is -1.46. The molecule has 5 heteroatoms. The molecule has 0 radical (unpaired) electrons. The van der Waals surface area contributed by atoms with Crippen LogP contribution in [0.5, 0.6) is 0 Å². The molecule has 1 amide bonds. The molecule has 2 N–H and O–H groups in total. The number of hydrogen-bond acceptors (Lipinski definition) is 3. The van der Waals surface area contributed by atoms with Crippen LogP contribution in [0.25, 0.3) is 10.9 Å². The Morgan fingerprint density at radius 1 is 1.45 bits per heavy atom. The van der Waals surface area contributed by atoms with Gasteiger partial charge in [0.1, 0.15) is 0 Å². The van der Waals surface area contributed by atoms with Crippen molar-refractivity contribution in [2.24, 2.45) is 5.92 Å². The number of rotatable bonds is 2. The molecule has 0 spiro atoms. The predicted molar refractivity (Wildman–Crippen MR) is 83.7 cm³/mol. The Morgan fingerprint density at radius 2 is 2.35 bits per heavy atom. The lowest BCUT2D eigenvalue weighted by Crippen LogP contribution is -2.37. The maximum absolute atomic E-state index is 12.3. The van der Waals surface area contributed by atoms with Crippen LogP contribution in [0, 0.1) is 5.92 Å². The van der Waals surface area contributed by atoms with Crippen LogP contribution in [0.1, 0.15) is 12.8 Å². The first-order valence-corrected chi connectivity index (χ1v) is 7.59. The number of fused-ring (bicyclic) bond motifs is 1. The molecule has 1 aliphatic rings. The molecular weight excluding hydrogens is 318 g/mol. The van der Waals surface area contributed by atoms with Gasteiger partial charge in [-0.25, -0.2) is 0 Å². The fraction of sp³-hybridized carbons (Fsp3) is 0.333. The summed E-state index contributed by atoms with van der Waals surface area (Å²) in [6, 6.07) is 7.83. The highest BCUT2D eigenvalue weighted by Crippen LogP contribution is 2.24. The predicted octanol–water partition coefficient (Wildman–Crippen LogP) is 2.94. The summed E-state index contributed by atoms with van der Waals surface area (Å²) in [5.41, 5.74) is 1.61. The molecule has 1 aromatic heterocycles. The second-order valence-electron chi connectivity index (χ2n) is 5.06. The zero-order chi connectivity index (χ0) is 13.9. The van der Waals surface area contributed by atoms with Gasteiger partial charge in [0, 0.05) is 22.6 Å². The van der Waals surface area contributed by atoms with Gasteiger partial charge in [0.25, 0.3) is 0 Å². The Labute approximate surface area is 126 Å². The van der Waals surface area contributed by atoms with E-state index >= 15 is 0 Å². The minimum Gasteiger partial charge on any atom is -0.324 e. The molecule has 0 aliphatic carbocycles. The Morgan fingerprint density at radius 3 is 3.15 bits per heavy atom. The summed E-state index contributed by atoms with van der Waals surface area (Å²) in [6.45, 7) is 1.77. The van der Waals surface area contributed by atoms with Crippen molar-refractivity contribution in [3.8, 4) is 0 Å². The van der Waals surface area contributed by atoms with Gasteiger partial charge >= 0.3 is 0 Å². The van der Waals surface area contributed by atoms with Gasteiger partial charge in [0.2, 0.25) is 5.91 Å². The van der Waals surface area contributed by atoms with Crippen LogP contribution in [0.3, 0.4) is 0 Å². The van der Waals surface area contributed by atoms with Crippen LogP contribution in [-0.4, -0.2) is 24.0 Å². The van der Waals surface area contributed by atoms with E-state index in [1.165, 1.54) is 0 Å². The number of amides is 1. The molecule has 0 saturated carbocycles. The Bertz CT molecular complexity index is 638. The topological polar surface area (TPSA) is 54.0 Å². The smallest absolute Gasteiger partial charge is 0.228 e. The first kappa shape index (κ1) is 13.5. The summed E-state index contributed by atoms with van der Waals surface area (Å²) in [5.74, 6) is 0.129. The fourth-order valence-corrected chi connectivity index (χ4v) is 2.89. The molecule has 2 aromatic rings. The number of para-hydroxylation sites is 1. The minimum atomic E-state index is 0.0504. The average Bonchev–Trinajstić information content (AvgIpc) is 2.48. The second-order valence-corrected chi connectivity index (χ2v) is 5.98. The summed E-state index contributed by atoms with van der Waals surface area (Å²) in [5, 5.41) is 7.29. The summed E-state index contributed by atoms with van der Waals surface area (Å²) in [4.78, 5) is 16.7. The van der Waals surface area contributed by atoms with Gasteiger partial charge in [0.15, 0.2) is 0 Å². The van der Waals surface area contributed by atoms with E-state index in [0.29, 0.717) is 0 Å². The third kappa shape index (κ3) is 2.83. The molecule has 1 aromatic carbocycles. The van der Waals surface area contributed by atoms with E-state index in [1.807, 2.05) is 24.3 Å². The highest BCUT2D eigenvalue weighted by Gasteiger charge is 2.21. The number of nitrogens with zero attached hydrogens (tertiary/aromatic N) is 1. The van der Waals surface area contributed by atoms with Gasteiger partial charge in [-0.1, -0.05) is 12.1 Å². The zero-order valence-electron chi connectivity index (χ0n) is 11.0. The van der Waals surface area contributed by atoms with Gasteiger partial charge in [0.05, 0.1) is 17.1 Å². The van der Waals surface area contributed by atoms with Crippen LogP contribution in [0.15, 0.2) is 34.9 Å². The van der Waals surface area contributed by atoms with Crippen LogP contribution < -0.4 is 10.6 Å². The Balaban J connectivity index is 1.85. The van der Waals surface area contributed by atoms with Crippen LogP contribution in [-0.2, 0) is 4.79 Å². The van der Waals surface area contributed by atoms with Gasteiger partial charge < -0.3 is 10.6 Å². The molecule has 1 aliphatic heterocycles. The van der Waals surface area contributed by atoms with E-state index in [4.69, 9.17) is 0 Å². The number of piperidine rings is 1. The highest BCUT2D eigenvalue weighted by atomic mass is 79.9. The molecule has 1 fully saturated rings. The van der Waals surface area contributed by atoms with E-state index in [2.05, 4.69) is 31.5 Å². The fourth-order valence-electron chi connectivity index (χ4n) is 2.55. The normalized spacial score (nSPS) is 18.9. The number of halogens is 1. The van der Waals surface area contributed by atoms with Crippen molar-refractivity contribution in [1.29, 1.82) is 0 Å². The van der Waals surface area contributed by atoms with E-state index in [1.54, 1.807) is 6.20 Å². The lowest BCUT2D eigenvalue weighted by atomic mass is 9.98. The van der Waals surface area contributed by atoms with E-state index < -0.39 is 0 Å². The maximum atomic E-state index is 12.3. The lowest BCUT2D eigenvalue weighted by molar-refractivity contribution is -0.120. The summed E-state index contributed by atoms with van der Waals surface area (Å²) in [6.07, 6.45) is 3.75. The summed E-state index contributed by atoms with van der Waals surface area (Å²) in [7, 11) is 0. The van der Waals surface area contributed by atoms with Crippen molar-refractivity contribution in [3.05, 3.63) is 34.9 Å². The number of aromatic nitrogens is 1. The number of pyridine rings is 1. The van der Waals surface area contributed by atoms with Crippen molar-refractivity contribution in [1.82, 2.24) is 10.3 Å². The molecule has 20 heavy (non-hydrogen) atoms. The number of benzene rings is 1. The van der Waals surface area contributed by atoms with E-state index in [9.17, 15) is 4.79 Å². The molecule has 104 valence electrons. The molecule has 1 saturated heterocycles. The molecule has 0 bridgehead atoms. The van der Waals surface area contributed by atoms with Crippen molar-refractivity contribution in [3.63, 3.8) is 0 Å². The Kier molecular flexibility index (Phi) is 3.98. The standard InChI is InChI=1S/C15H16BrN3O/c16-12-7-10-3-1-5-13(14(10)18-9-12)19-15(20)11-4-2-6-17-8-11/h1,3,5,7,9,11,17H,2,4,6,8H2,(H,19,20). The molecule has 2 heterocycles. The third-order valence-electron chi connectivity index (χ3n) is 3.60. The molecule has 1 unspecified atom stereocenters. The van der Waals surface area contributed by atoms with Crippen LogP contribution in [0.4, 0.5) is 5.69 Å². The highest BCUT2D eigenvalue weighted by molar-refractivity contribution is 9.10. The van der Waals surface area contributed by atoms with Crippen molar-refractivity contribution in [2.45, 2.75) is 12.8 Å². The number of hydrogen-bond donors (Lipinski definition) is 2. The first-order chi connectivity index (χ1) is 9.74.